The second-order valence-corrected chi connectivity index (χ2v) is 7.62. The summed E-state index contributed by atoms with van der Waals surface area (Å²) in [7, 11) is 1.43. The molecule has 4 aromatic rings. The highest BCUT2D eigenvalue weighted by molar-refractivity contribution is 6.03. The number of allylic oxidation sites excluding steroid dienone is 1. The summed E-state index contributed by atoms with van der Waals surface area (Å²) in [6, 6.07) is 16.3. The van der Waals surface area contributed by atoms with Crippen molar-refractivity contribution in [2.24, 2.45) is 0 Å². The van der Waals surface area contributed by atoms with Gasteiger partial charge < -0.3 is 14.7 Å². The Labute approximate surface area is 164 Å². The van der Waals surface area contributed by atoms with Gasteiger partial charge in [-0.2, -0.15) is 0 Å². The van der Waals surface area contributed by atoms with Gasteiger partial charge >= 0.3 is 5.97 Å². The third-order valence-electron chi connectivity index (χ3n) is 5.47. The quantitative estimate of drug-likeness (QED) is 0.359. The van der Waals surface area contributed by atoms with Crippen LogP contribution in [0.2, 0.25) is 0 Å². The van der Waals surface area contributed by atoms with E-state index in [9.17, 15) is 4.79 Å². The first-order chi connectivity index (χ1) is 13.5. The molecule has 0 atom stereocenters. The van der Waals surface area contributed by atoms with Crippen molar-refractivity contribution in [2.45, 2.75) is 25.7 Å². The van der Waals surface area contributed by atoms with Crippen molar-refractivity contribution in [2.75, 3.05) is 7.11 Å². The second kappa shape index (κ2) is 6.71. The van der Waals surface area contributed by atoms with Gasteiger partial charge in [-0.3, -0.25) is 4.79 Å². The minimum Gasteiger partial charge on any atom is -0.469 e. The number of fused-ring (bicyclic) bond motifs is 2. The Bertz CT molecular complexity index is 1190. The van der Waals surface area contributed by atoms with Crippen LogP contribution in [0, 0.1) is 0 Å². The van der Waals surface area contributed by atoms with Gasteiger partial charge in [-0.1, -0.05) is 56.3 Å². The maximum absolute atomic E-state index is 12.2. The van der Waals surface area contributed by atoms with Crippen molar-refractivity contribution in [3.8, 4) is 11.3 Å². The van der Waals surface area contributed by atoms with E-state index in [2.05, 4.69) is 42.5 Å². The number of benzene rings is 2. The number of nitrogens with one attached hydrogen (secondary N) is 2. The van der Waals surface area contributed by atoms with Crippen LogP contribution in [0.4, 0.5) is 0 Å². The topological polar surface area (TPSA) is 57.9 Å². The van der Waals surface area contributed by atoms with Gasteiger partial charge in [-0.05, 0) is 17.7 Å². The van der Waals surface area contributed by atoms with E-state index in [-0.39, 0.29) is 17.8 Å². The van der Waals surface area contributed by atoms with Gasteiger partial charge in [0.05, 0.1) is 19.2 Å². The third kappa shape index (κ3) is 2.82. The minimum atomic E-state index is -0.270. The van der Waals surface area contributed by atoms with Gasteiger partial charge in [0.25, 0.3) is 0 Å². The van der Waals surface area contributed by atoms with E-state index in [0.717, 1.165) is 44.3 Å². The zero-order valence-electron chi connectivity index (χ0n) is 16.4. The van der Waals surface area contributed by atoms with E-state index >= 15 is 0 Å². The normalized spacial score (nSPS) is 11.8. The molecule has 4 nitrogen and oxygen atoms in total. The highest BCUT2D eigenvalue weighted by Gasteiger charge is 2.28. The monoisotopic (exact) mass is 372 g/mol. The molecule has 2 N–H and O–H groups in total. The van der Waals surface area contributed by atoms with E-state index < -0.39 is 0 Å². The van der Waals surface area contributed by atoms with Crippen molar-refractivity contribution >= 4 is 27.8 Å². The molecule has 0 saturated heterocycles. The smallest absolute Gasteiger partial charge is 0.310 e. The number of carbonyl (C=O) groups is 1. The Balaban J connectivity index is 2.09. The zero-order chi connectivity index (χ0) is 19.9. The molecule has 0 fully saturated rings. The minimum absolute atomic E-state index is 0.212. The lowest BCUT2D eigenvalue weighted by Crippen LogP contribution is -2.15. The van der Waals surface area contributed by atoms with Crippen LogP contribution < -0.4 is 0 Å². The number of aromatic nitrogens is 2. The number of hydrogen-bond donors (Lipinski definition) is 2. The lowest BCUT2D eigenvalue weighted by atomic mass is 9.85. The van der Waals surface area contributed by atoms with Crippen LogP contribution in [0.15, 0.2) is 61.2 Å². The first-order valence-corrected chi connectivity index (χ1v) is 9.38. The molecule has 0 aliphatic carbocycles. The molecule has 0 amide bonds. The number of rotatable bonds is 5. The maximum Gasteiger partial charge on any atom is 0.310 e. The van der Waals surface area contributed by atoms with E-state index in [1.165, 1.54) is 7.11 Å². The predicted octanol–water partition coefficient (Wildman–Crippen LogP) is 5.50. The number of ether oxygens (including phenoxy) is 1. The van der Waals surface area contributed by atoms with Crippen molar-refractivity contribution in [1.82, 2.24) is 9.97 Å². The molecule has 142 valence electrons. The average Bonchev–Trinajstić information content (AvgIpc) is 3.27. The fourth-order valence-electron chi connectivity index (χ4n) is 3.80. The second-order valence-electron chi connectivity index (χ2n) is 7.62. The summed E-state index contributed by atoms with van der Waals surface area (Å²) in [6.07, 6.45) is 2.16. The third-order valence-corrected chi connectivity index (χ3v) is 5.47. The molecule has 0 aliphatic rings. The Hall–Kier alpha value is -3.27. The number of H-pyrrole nitrogens is 2. The lowest BCUT2D eigenvalue weighted by molar-refractivity contribution is -0.139. The lowest BCUT2D eigenvalue weighted by Gasteiger charge is -2.21. The largest absolute Gasteiger partial charge is 0.469 e. The summed E-state index contributed by atoms with van der Waals surface area (Å²) in [5, 5.41) is 2.15. The highest BCUT2D eigenvalue weighted by atomic mass is 16.5. The fraction of sp³-hybridized carbons (Fsp3) is 0.208. The summed E-state index contributed by atoms with van der Waals surface area (Å²) in [4.78, 5) is 19.3. The Kier molecular flexibility index (Phi) is 4.34. The molecule has 0 bridgehead atoms. The first kappa shape index (κ1) is 18.1. The Morgan fingerprint density at radius 1 is 1.04 bits per heavy atom. The van der Waals surface area contributed by atoms with Crippen LogP contribution >= 0.6 is 0 Å². The van der Waals surface area contributed by atoms with Gasteiger partial charge in [0.15, 0.2) is 0 Å². The molecule has 0 unspecified atom stereocenters. The van der Waals surface area contributed by atoms with E-state index in [0.29, 0.717) is 0 Å². The number of carbonyl (C=O) groups excluding carboxylic acids is 1. The number of hydrogen-bond acceptors (Lipinski definition) is 2. The molecule has 0 radical (unpaired) electrons. The van der Waals surface area contributed by atoms with Crippen LogP contribution in [0.3, 0.4) is 0 Å². The molecule has 0 saturated carbocycles. The summed E-state index contributed by atoms with van der Waals surface area (Å²) in [5.74, 6) is -0.254. The number of para-hydroxylation sites is 2. The van der Waals surface area contributed by atoms with Crippen molar-refractivity contribution < 1.29 is 9.53 Å². The molecule has 0 aliphatic heterocycles. The molecule has 4 rings (SSSR count). The maximum atomic E-state index is 12.2. The summed E-state index contributed by atoms with van der Waals surface area (Å²) in [6.45, 7) is 8.31. The van der Waals surface area contributed by atoms with Crippen LogP contribution in [0.1, 0.15) is 25.1 Å². The zero-order valence-corrected chi connectivity index (χ0v) is 16.4. The van der Waals surface area contributed by atoms with Crippen LogP contribution in [-0.4, -0.2) is 23.0 Å². The molecule has 28 heavy (non-hydrogen) atoms. The number of esters is 1. The van der Waals surface area contributed by atoms with E-state index in [1.807, 2.05) is 42.5 Å². The van der Waals surface area contributed by atoms with Gasteiger partial charge in [-0.25, -0.2) is 0 Å². The number of methoxy groups -OCH3 is 1. The average molecular weight is 372 g/mol. The van der Waals surface area contributed by atoms with Gasteiger partial charge in [0.2, 0.25) is 0 Å². The summed E-state index contributed by atoms with van der Waals surface area (Å²) < 4.78 is 4.97. The highest BCUT2D eigenvalue weighted by Crippen LogP contribution is 2.42. The van der Waals surface area contributed by atoms with E-state index in [1.54, 1.807) is 0 Å². The van der Waals surface area contributed by atoms with Crippen molar-refractivity contribution in [3.05, 3.63) is 72.4 Å². The molecule has 4 heteroatoms. The van der Waals surface area contributed by atoms with Gasteiger partial charge in [0.1, 0.15) is 0 Å². The number of aromatic amines is 2. The predicted molar refractivity (Wildman–Crippen MR) is 115 cm³/mol. The fourth-order valence-corrected chi connectivity index (χ4v) is 3.80. The molecule has 2 heterocycles. The van der Waals surface area contributed by atoms with Crippen LogP contribution in [-0.2, 0) is 21.4 Å². The summed E-state index contributed by atoms with van der Waals surface area (Å²) in [5.41, 5.74) is 5.85. The standard InChI is InChI=1S/C24H24N2O2/c1-5-24(2,3)23-21(16-11-7-9-13-19(16)26-23)22-17(14-20(27)28-4)15-10-6-8-12-18(15)25-22/h5-13,25-26H,1,14H2,2-4H3. The van der Waals surface area contributed by atoms with Crippen molar-refractivity contribution in [3.63, 3.8) is 0 Å². The Morgan fingerprint density at radius 2 is 1.64 bits per heavy atom. The van der Waals surface area contributed by atoms with Crippen LogP contribution in [0.5, 0.6) is 0 Å². The molecule has 2 aromatic carbocycles. The van der Waals surface area contributed by atoms with Crippen LogP contribution in [0.25, 0.3) is 33.1 Å². The summed E-state index contributed by atoms with van der Waals surface area (Å²) >= 11 is 0. The van der Waals surface area contributed by atoms with E-state index in [4.69, 9.17) is 4.74 Å². The molecular weight excluding hydrogens is 348 g/mol. The molecule has 0 spiro atoms. The SMILES string of the molecule is C=CC(C)(C)c1[nH]c2ccccc2c1-c1[nH]c2ccccc2c1CC(=O)OC. The van der Waals surface area contributed by atoms with Gasteiger partial charge in [-0.15, -0.1) is 6.58 Å². The van der Waals surface area contributed by atoms with Gasteiger partial charge in [0, 0.05) is 38.5 Å². The first-order valence-electron chi connectivity index (χ1n) is 9.38. The molecular formula is C24H24N2O2. The Morgan fingerprint density at radius 3 is 2.29 bits per heavy atom. The molecule has 2 aromatic heterocycles. The van der Waals surface area contributed by atoms with Crippen molar-refractivity contribution in [1.29, 1.82) is 0 Å².